The molecule has 4 nitrogen and oxygen atoms in total. The van der Waals surface area contributed by atoms with E-state index in [0.717, 1.165) is 60.5 Å². The summed E-state index contributed by atoms with van der Waals surface area (Å²) in [5, 5.41) is 0. The molecule has 1 aromatic heterocycles. The van der Waals surface area contributed by atoms with E-state index in [2.05, 4.69) is 117 Å². The van der Waals surface area contributed by atoms with Gasteiger partial charge in [-0.3, -0.25) is 9.88 Å². The third-order valence-electron chi connectivity index (χ3n) is 10.4. The largest absolute Gasteiger partial charge is 0.573 e. The normalized spacial score (nSPS) is 13.6. The molecule has 0 atom stereocenters. The second-order valence-corrected chi connectivity index (χ2v) is 13.9. The predicted molar refractivity (Wildman–Crippen MR) is 212 cm³/mol. The van der Waals surface area contributed by atoms with Crippen LogP contribution in [0.1, 0.15) is 57.3 Å². The molecule has 9 heteroatoms. The van der Waals surface area contributed by atoms with Crippen molar-refractivity contribution in [3.8, 4) is 28.1 Å². The molecule has 1 aliphatic rings. The van der Waals surface area contributed by atoms with Crippen molar-refractivity contribution in [3.05, 3.63) is 136 Å². The first-order valence-corrected chi connectivity index (χ1v) is 17.4. The fourth-order valence-electron chi connectivity index (χ4n) is 7.08. The van der Waals surface area contributed by atoms with Crippen LogP contribution in [0.3, 0.4) is 0 Å². The summed E-state index contributed by atoms with van der Waals surface area (Å²) >= 11 is 0. The second-order valence-electron chi connectivity index (χ2n) is 13.9. The molecule has 0 aliphatic carbocycles. The van der Waals surface area contributed by atoms with E-state index < -0.39 is 6.36 Å². The van der Waals surface area contributed by atoms with Crippen molar-refractivity contribution in [1.82, 2.24) is 9.88 Å². The highest BCUT2D eigenvalue weighted by Crippen LogP contribution is 2.32. The minimum absolute atomic E-state index is 0. The number of pyridine rings is 1. The van der Waals surface area contributed by atoms with Crippen molar-refractivity contribution < 1.29 is 17.9 Å². The molecule has 0 spiro atoms. The van der Waals surface area contributed by atoms with Gasteiger partial charge in [0.15, 0.2) is 0 Å². The summed E-state index contributed by atoms with van der Waals surface area (Å²) in [6.45, 7) is 16.2. The van der Waals surface area contributed by atoms with E-state index in [-0.39, 0.29) is 36.6 Å². The van der Waals surface area contributed by atoms with Crippen molar-refractivity contribution in [2.45, 2.75) is 79.9 Å². The molecular weight excluding hydrogens is 702 g/mol. The molecular formula is C43H48Cl2F3N3O. The molecule has 1 aliphatic heterocycles. The van der Waals surface area contributed by atoms with E-state index in [1.165, 1.54) is 56.6 Å². The monoisotopic (exact) mass is 749 g/mol. The first-order chi connectivity index (χ1) is 23.8. The Kier molecular flexibility index (Phi) is 13.5. The standard InChI is InChI=1S/C43H46F3N3O.2ClH/c1-28-20-37(21-29(2)32(28)5)36-9-7-8-34(24-36)27-49(39-10-12-41(13-11-39)50-43(44,45)46)40-15-18-48(19-16-40)26-35-14-17-47-42(25-35)38-22-30(3)33(6)31(4)23-38;;/h7-14,17,20-25,40H,15-16,18-19,26-27H2,1-6H3;2*1H. The molecule has 0 N–H and O–H groups in total. The Morgan fingerprint density at radius 1 is 0.692 bits per heavy atom. The minimum atomic E-state index is -4.73. The molecule has 52 heavy (non-hydrogen) atoms. The summed E-state index contributed by atoms with van der Waals surface area (Å²) in [6.07, 6.45) is -0.950. The van der Waals surface area contributed by atoms with E-state index in [1.54, 1.807) is 12.1 Å². The number of benzene rings is 4. The van der Waals surface area contributed by atoms with Crippen molar-refractivity contribution in [3.63, 3.8) is 0 Å². The van der Waals surface area contributed by atoms with Crippen LogP contribution in [0.2, 0.25) is 0 Å². The summed E-state index contributed by atoms with van der Waals surface area (Å²) in [6, 6.07) is 28.4. The zero-order valence-electron chi connectivity index (χ0n) is 30.7. The van der Waals surface area contributed by atoms with Gasteiger partial charge in [-0.25, -0.2) is 0 Å². The van der Waals surface area contributed by atoms with Gasteiger partial charge in [-0.1, -0.05) is 30.3 Å². The van der Waals surface area contributed by atoms with Gasteiger partial charge in [0, 0.05) is 49.7 Å². The fraction of sp³-hybridized carbons (Fsp3) is 0.326. The van der Waals surface area contributed by atoms with Crippen LogP contribution >= 0.6 is 24.8 Å². The summed E-state index contributed by atoms with van der Waals surface area (Å²) in [5.41, 5.74) is 15.5. The molecule has 6 rings (SSSR count). The molecule has 4 aromatic carbocycles. The topological polar surface area (TPSA) is 28.6 Å². The number of piperidine rings is 1. The molecule has 1 saturated heterocycles. The van der Waals surface area contributed by atoms with E-state index in [9.17, 15) is 13.2 Å². The van der Waals surface area contributed by atoms with Crippen LogP contribution in [0.25, 0.3) is 22.4 Å². The lowest BCUT2D eigenvalue weighted by molar-refractivity contribution is -0.274. The van der Waals surface area contributed by atoms with Gasteiger partial charge in [0.05, 0.1) is 5.69 Å². The molecule has 0 bridgehead atoms. The van der Waals surface area contributed by atoms with E-state index in [0.29, 0.717) is 6.54 Å². The number of aromatic nitrogens is 1. The molecule has 5 aromatic rings. The molecule has 0 radical (unpaired) electrons. The number of halogens is 5. The number of ether oxygens (including phenoxy) is 1. The first kappa shape index (κ1) is 40.7. The minimum Gasteiger partial charge on any atom is -0.406 e. The van der Waals surface area contributed by atoms with Crippen LogP contribution in [0.5, 0.6) is 5.75 Å². The Hall–Kier alpha value is -4.04. The molecule has 0 saturated carbocycles. The van der Waals surface area contributed by atoms with Crippen molar-refractivity contribution >= 4 is 30.5 Å². The molecule has 276 valence electrons. The van der Waals surface area contributed by atoms with Crippen molar-refractivity contribution in [2.24, 2.45) is 0 Å². The number of alkyl halides is 3. The fourth-order valence-corrected chi connectivity index (χ4v) is 7.08. The van der Waals surface area contributed by atoms with Crippen LogP contribution in [-0.4, -0.2) is 35.4 Å². The number of hydrogen-bond acceptors (Lipinski definition) is 4. The van der Waals surface area contributed by atoms with E-state index in [1.807, 2.05) is 6.20 Å². The lowest BCUT2D eigenvalue weighted by Gasteiger charge is -2.40. The van der Waals surface area contributed by atoms with Gasteiger partial charge in [0.2, 0.25) is 0 Å². The lowest BCUT2D eigenvalue weighted by Crippen LogP contribution is -2.44. The van der Waals surface area contributed by atoms with Gasteiger partial charge >= 0.3 is 6.36 Å². The van der Waals surface area contributed by atoms with Crippen LogP contribution in [-0.2, 0) is 13.1 Å². The summed E-state index contributed by atoms with van der Waals surface area (Å²) in [4.78, 5) is 9.53. The quantitative estimate of drug-likeness (QED) is 0.150. The Morgan fingerprint density at radius 3 is 1.85 bits per heavy atom. The molecule has 1 fully saturated rings. The highest BCUT2D eigenvalue weighted by Gasteiger charge is 2.31. The third-order valence-corrected chi connectivity index (χ3v) is 10.4. The highest BCUT2D eigenvalue weighted by atomic mass is 35.5. The van der Waals surface area contributed by atoms with Gasteiger partial charge in [0.25, 0.3) is 0 Å². The van der Waals surface area contributed by atoms with Crippen LogP contribution in [0.15, 0.2) is 91.1 Å². The Balaban J connectivity index is 0.00000302. The average molecular weight is 751 g/mol. The maximum absolute atomic E-state index is 12.9. The van der Waals surface area contributed by atoms with Gasteiger partial charge in [-0.2, -0.15) is 0 Å². The van der Waals surface area contributed by atoms with E-state index in [4.69, 9.17) is 4.98 Å². The van der Waals surface area contributed by atoms with Gasteiger partial charge in [-0.05, 0) is 165 Å². The average Bonchev–Trinajstić information content (AvgIpc) is 3.08. The van der Waals surface area contributed by atoms with Crippen LogP contribution in [0.4, 0.5) is 18.9 Å². The van der Waals surface area contributed by atoms with E-state index >= 15 is 0 Å². The van der Waals surface area contributed by atoms with Crippen molar-refractivity contribution in [1.29, 1.82) is 0 Å². The number of nitrogens with zero attached hydrogens (tertiary/aromatic N) is 3. The molecule has 0 amide bonds. The first-order valence-electron chi connectivity index (χ1n) is 17.4. The SMILES string of the molecule is Cc1cc(-c2cccc(CN(c3ccc(OC(F)(F)F)cc3)C3CCN(Cc4ccnc(-c5cc(C)c(C)c(C)c5)c4)CC3)c2)cc(C)c1C.Cl.Cl. The van der Waals surface area contributed by atoms with Gasteiger partial charge in [-0.15, -0.1) is 38.0 Å². The number of rotatable bonds is 9. The van der Waals surface area contributed by atoms with Gasteiger partial charge in [0.1, 0.15) is 5.75 Å². The second kappa shape index (κ2) is 17.2. The number of hydrogen-bond donors (Lipinski definition) is 0. The highest BCUT2D eigenvalue weighted by molar-refractivity contribution is 5.85. The van der Waals surface area contributed by atoms with Gasteiger partial charge < -0.3 is 9.64 Å². The number of anilines is 1. The van der Waals surface area contributed by atoms with Crippen LogP contribution in [0, 0.1) is 41.5 Å². The summed E-state index contributed by atoms with van der Waals surface area (Å²) in [7, 11) is 0. The van der Waals surface area contributed by atoms with Crippen molar-refractivity contribution in [2.75, 3.05) is 18.0 Å². The maximum Gasteiger partial charge on any atom is 0.573 e. The predicted octanol–water partition coefficient (Wildman–Crippen LogP) is 11.7. The third kappa shape index (κ3) is 9.88. The Morgan fingerprint density at radius 2 is 1.27 bits per heavy atom. The smallest absolute Gasteiger partial charge is 0.406 e. The van der Waals surface area contributed by atoms with Crippen LogP contribution < -0.4 is 9.64 Å². The summed E-state index contributed by atoms with van der Waals surface area (Å²) in [5.74, 6) is -0.212. The molecule has 2 heterocycles. The lowest BCUT2D eigenvalue weighted by atomic mass is 9.95. The number of likely N-dealkylation sites (tertiary alicyclic amines) is 1. The molecule has 0 unspecified atom stereocenters. The number of aryl methyl sites for hydroxylation is 4. The zero-order chi connectivity index (χ0) is 35.6. The summed E-state index contributed by atoms with van der Waals surface area (Å²) < 4.78 is 43.0. The Bertz CT molecular complexity index is 1930. The Labute approximate surface area is 318 Å². The maximum atomic E-state index is 12.9. The zero-order valence-corrected chi connectivity index (χ0v) is 32.3.